The van der Waals surface area contributed by atoms with E-state index in [1.54, 1.807) is 0 Å². The molecule has 6 heteroatoms. The van der Waals surface area contributed by atoms with Crippen LogP contribution in [-0.2, 0) is 7.05 Å². The minimum atomic E-state index is 0.814. The molecule has 2 aromatic carbocycles. The third-order valence-electron chi connectivity index (χ3n) is 4.17. The maximum atomic E-state index is 4.76. The van der Waals surface area contributed by atoms with Gasteiger partial charge in [-0.15, -0.1) is 0 Å². The summed E-state index contributed by atoms with van der Waals surface area (Å²) in [6.07, 6.45) is 3.87. The fraction of sp³-hybridized carbons (Fsp3) is 0.0556. The molecule has 0 aliphatic heterocycles. The number of nitrogens with one attached hydrogen (secondary N) is 2. The molecule has 0 unspecified atom stereocenters. The van der Waals surface area contributed by atoms with Crippen LogP contribution in [-0.4, -0.2) is 29.9 Å². The van der Waals surface area contributed by atoms with Gasteiger partial charge in [0, 0.05) is 30.4 Å². The average Bonchev–Trinajstić information content (AvgIpc) is 3.30. The largest absolute Gasteiger partial charge is 0.338 e. The number of imidazole rings is 1. The highest BCUT2D eigenvalue weighted by atomic mass is 15.3. The molecule has 3 heterocycles. The Kier molecular flexibility index (Phi) is 2.61. The lowest BCUT2D eigenvalue weighted by Gasteiger charge is -1.99. The SMILES string of the molecule is Cn1cc(-c2nc3cc4c[nH]nc4cc3[nH]2)c(-c2ccccc2)n1. The standard InChI is InChI=1S/C18H14N6/c1-24-10-13(17(23-24)11-5-3-2-4-6-11)18-20-15-7-12-9-19-22-14(12)8-16(15)21-18/h2-10H,1H3,(H,19,22)(H,20,21). The third-order valence-corrected chi connectivity index (χ3v) is 4.17. The number of hydrogen-bond acceptors (Lipinski definition) is 3. The monoisotopic (exact) mass is 314 g/mol. The van der Waals surface area contributed by atoms with Crippen LogP contribution in [0.5, 0.6) is 0 Å². The van der Waals surface area contributed by atoms with Crippen LogP contribution >= 0.6 is 0 Å². The van der Waals surface area contributed by atoms with Crippen molar-refractivity contribution < 1.29 is 0 Å². The van der Waals surface area contributed by atoms with Gasteiger partial charge in [0.05, 0.1) is 22.1 Å². The number of nitrogens with zero attached hydrogens (tertiary/aromatic N) is 4. The second-order valence-corrected chi connectivity index (χ2v) is 5.83. The Balaban J connectivity index is 1.72. The van der Waals surface area contributed by atoms with Gasteiger partial charge >= 0.3 is 0 Å². The van der Waals surface area contributed by atoms with E-state index in [2.05, 4.69) is 32.4 Å². The van der Waals surface area contributed by atoms with Gasteiger partial charge in [0.1, 0.15) is 11.5 Å². The second-order valence-electron chi connectivity index (χ2n) is 5.83. The summed E-state index contributed by atoms with van der Waals surface area (Å²) in [6, 6.07) is 14.2. The molecule has 5 aromatic rings. The van der Waals surface area contributed by atoms with Gasteiger partial charge in [-0.25, -0.2) is 4.98 Å². The van der Waals surface area contributed by atoms with Crippen LogP contribution in [0.4, 0.5) is 0 Å². The number of aromatic amines is 2. The minimum Gasteiger partial charge on any atom is -0.338 e. The van der Waals surface area contributed by atoms with Crippen molar-refractivity contribution in [1.29, 1.82) is 0 Å². The molecular formula is C18H14N6. The van der Waals surface area contributed by atoms with Gasteiger partial charge < -0.3 is 4.98 Å². The van der Waals surface area contributed by atoms with Crippen LogP contribution in [0.15, 0.2) is 54.9 Å². The number of aromatic nitrogens is 6. The summed E-state index contributed by atoms with van der Waals surface area (Å²) in [7, 11) is 1.92. The zero-order valence-corrected chi connectivity index (χ0v) is 13.0. The molecule has 0 fully saturated rings. The van der Waals surface area contributed by atoms with E-state index in [9.17, 15) is 0 Å². The molecule has 5 rings (SSSR count). The molecule has 3 aromatic heterocycles. The quantitative estimate of drug-likeness (QED) is 0.523. The number of benzene rings is 2. The highest BCUT2D eigenvalue weighted by Gasteiger charge is 2.16. The Morgan fingerprint density at radius 2 is 1.92 bits per heavy atom. The Labute approximate surface area is 137 Å². The second kappa shape index (κ2) is 4.79. The van der Waals surface area contributed by atoms with E-state index in [0.717, 1.165) is 44.6 Å². The van der Waals surface area contributed by atoms with Gasteiger partial charge in [0.2, 0.25) is 0 Å². The van der Waals surface area contributed by atoms with E-state index in [1.807, 2.05) is 54.5 Å². The Bertz CT molecular complexity index is 1110. The fourth-order valence-electron chi connectivity index (χ4n) is 3.04. The summed E-state index contributed by atoms with van der Waals surface area (Å²) >= 11 is 0. The van der Waals surface area contributed by atoms with E-state index in [4.69, 9.17) is 4.98 Å². The first kappa shape index (κ1) is 13.1. The molecule has 0 radical (unpaired) electrons. The number of rotatable bonds is 2. The van der Waals surface area contributed by atoms with Crippen LogP contribution in [0.3, 0.4) is 0 Å². The summed E-state index contributed by atoms with van der Waals surface area (Å²) in [4.78, 5) is 8.16. The van der Waals surface area contributed by atoms with Crippen LogP contribution < -0.4 is 0 Å². The lowest BCUT2D eigenvalue weighted by molar-refractivity contribution is 0.771. The van der Waals surface area contributed by atoms with E-state index in [0.29, 0.717) is 0 Å². The van der Waals surface area contributed by atoms with Crippen molar-refractivity contribution >= 4 is 21.9 Å². The van der Waals surface area contributed by atoms with E-state index in [1.165, 1.54) is 0 Å². The predicted octanol–water partition coefficient (Wildman–Crippen LogP) is 3.51. The number of fused-ring (bicyclic) bond motifs is 2. The molecule has 24 heavy (non-hydrogen) atoms. The normalized spacial score (nSPS) is 11.5. The maximum Gasteiger partial charge on any atom is 0.142 e. The zero-order valence-electron chi connectivity index (χ0n) is 13.0. The third kappa shape index (κ3) is 1.93. The summed E-state index contributed by atoms with van der Waals surface area (Å²) in [5.74, 6) is 0.814. The van der Waals surface area contributed by atoms with Gasteiger partial charge in [0.25, 0.3) is 0 Å². The molecule has 0 spiro atoms. The fourth-order valence-corrected chi connectivity index (χ4v) is 3.04. The first-order valence-corrected chi connectivity index (χ1v) is 7.70. The van der Waals surface area contributed by atoms with E-state index >= 15 is 0 Å². The van der Waals surface area contributed by atoms with Crippen molar-refractivity contribution in [3.63, 3.8) is 0 Å². The molecule has 2 N–H and O–H groups in total. The summed E-state index contributed by atoms with van der Waals surface area (Å²) in [6.45, 7) is 0. The first-order valence-electron chi connectivity index (χ1n) is 7.70. The van der Waals surface area contributed by atoms with E-state index < -0.39 is 0 Å². The van der Waals surface area contributed by atoms with Crippen molar-refractivity contribution in [3.05, 3.63) is 54.9 Å². The molecule has 0 aliphatic rings. The highest BCUT2D eigenvalue weighted by molar-refractivity contribution is 5.94. The number of aryl methyl sites for hydroxylation is 1. The average molecular weight is 314 g/mol. The lowest BCUT2D eigenvalue weighted by Crippen LogP contribution is -1.87. The van der Waals surface area contributed by atoms with Crippen molar-refractivity contribution in [1.82, 2.24) is 29.9 Å². The summed E-state index contributed by atoms with van der Waals surface area (Å²) in [5.41, 5.74) is 5.78. The molecule has 0 saturated heterocycles. The Morgan fingerprint density at radius 1 is 1.04 bits per heavy atom. The molecule has 6 nitrogen and oxygen atoms in total. The Hall–Kier alpha value is -3.41. The van der Waals surface area contributed by atoms with E-state index in [-0.39, 0.29) is 0 Å². The van der Waals surface area contributed by atoms with Gasteiger partial charge in [0.15, 0.2) is 0 Å². The zero-order chi connectivity index (χ0) is 16.1. The maximum absolute atomic E-state index is 4.76. The summed E-state index contributed by atoms with van der Waals surface area (Å²) in [5, 5.41) is 12.8. The molecule has 0 bridgehead atoms. The molecule has 116 valence electrons. The molecule has 0 saturated carbocycles. The molecular weight excluding hydrogens is 300 g/mol. The predicted molar refractivity (Wildman–Crippen MR) is 93.4 cm³/mol. The summed E-state index contributed by atoms with van der Waals surface area (Å²) < 4.78 is 1.82. The van der Waals surface area contributed by atoms with Crippen LogP contribution in [0.1, 0.15) is 0 Å². The van der Waals surface area contributed by atoms with Crippen molar-refractivity contribution in [2.24, 2.45) is 7.05 Å². The van der Waals surface area contributed by atoms with Gasteiger partial charge in [-0.05, 0) is 12.1 Å². The van der Waals surface area contributed by atoms with Gasteiger partial charge in [-0.3, -0.25) is 9.78 Å². The molecule has 0 aliphatic carbocycles. The van der Waals surface area contributed by atoms with Crippen molar-refractivity contribution in [2.45, 2.75) is 0 Å². The van der Waals surface area contributed by atoms with Crippen molar-refractivity contribution in [2.75, 3.05) is 0 Å². The molecule has 0 amide bonds. The smallest absolute Gasteiger partial charge is 0.142 e. The number of hydrogen-bond donors (Lipinski definition) is 2. The minimum absolute atomic E-state index is 0.814. The van der Waals surface area contributed by atoms with Crippen molar-refractivity contribution in [3.8, 4) is 22.6 Å². The highest BCUT2D eigenvalue weighted by Crippen LogP contribution is 2.31. The first-order chi connectivity index (χ1) is 11.8. The topological polar surface area (TPSA) is 75.2 Å². The Morgan fingerprint density at radius 3 is 2.79 bits per heavy atom. The van der Waals surface area contributed by atoms with Crippen LogP contribution in [0, 0.1) is 0 Å². The molecule has 0 atom stereocenters. The van der Waals surface area contributed by atoms with Gasteiger partial charge in [-0.1, -0.05) is 30.3 Å². The van der Waals surface area contributed by atoms with Gasteiger partial charge in [-0.2, -0.15) is 10.2 Å². The lowest BCUT2D eigenvalue weighted by atomic mass is 10.1. The van der Waals surface area contributed by atoms with Crippen LogP contribution in [0.25, 0.3) is 44.6 Å². The number of H-pyrrole nitrogens is 2. The van der Waals surface area contributed by atoms with Crippen LogP contribution in [0.2, 0.25) is 0 Å².